The Hall–Kier alpha value is -2.36. The third-order valence-corrected chi connectivity index (χ3v) is 3.32. The van der Waals surface area contributed by atoms with Crippen molar-refractivity contribution in [2.75, 3.05) is 12.4 Å². The molecule has 0 bridgehead atoms. The molecule has 0 saturated heterocycles. The van der Waals surface area contributed by atoms with Gasteiger partial charge in [0.05, 0.1) is 12.7 Å². The van der Waals surface area contributed by atoms with Gasteiger partial charge in [-0.15, -0.1) is 0 Å². The van der Waals surface area contributed by atoms with E-state index in [1.807, 2.05) is 18.2 Å². The van der Waals surface area contributed by atoms with Gasteiger partial charge in [0.15, 0.2) is 0 Å². The number of esters is 1. The molecule has 2 rings (SSSR count). The fourth-order valence-corrected chi connectivity index (χ4v) is 2.14. The summed E-state index contributed by atoms with van der Waals surface area (Å²) in [5, 5.41) is 3.29. The van der Waals surface area contributed by atoms with Crippen LogP contribution < -0.4 is 5.32 Å². The molecule has 0 radical (unpaired) electrons. The Morgan fingerprint density at radius 2 is 2.00 bits per heavy atom. The van der Waals surface area contributed by atoms with Crippen LogP contribution in [0.3, 0.4) is 0 Å². The molecule has 4 heteroatoms. The standard InChI is InChI=1S/C17H18FNO2/c1-3-13-6-4-5-7-16(13)19-11-12-8-9-14(15(18)10-12)17(20)21-2/h4-10,19H,3,11H2,1-2H3. The Labute approximate surface area is 123 Å². The first kappa shape index (κ1) is 15.0. The van der Waals surface area contributed by atoms with Crippen molar-refractivity contribution in [2.24, 2.45) is 0 Å². The lowest BCUT2D eigenvalue weighted by Crippen LogP contribution is -2.07. The molecule has 0 heterocycles. The van der Waals surface area contributed by atoms with E-state index in [9.17, 15) is 9.18 Å². The predicted molar refractivity (Wildman–Crippen MR) is 80.9 cm³/mol. The zero-order chi connectivity index (χ0) is 15.2. The summed E-state index contributed by atoms with van der Waals surface area (Å²) in [6, 6.07) is 12.5. The van der Waals surface area contributed by atoms with Crippen molar-refractivity contribution in [3.63, 3.8) is 0 Å². The summed E-state index contributed by atoms with van der Waals surface area (Å²) >= 11 is 0. The normalized spacial score (nSPS) is 10.2. The first-order chi connectivity index (χ1) is 10.2. The minimum atomic E-state index is -0.664. The molecule has 0 fully saturated rings. The molecule has 3 nitrogen and oxygen atoms in total. The van der Waals surface area contributed by atoms with E-state index < -0.39 is 11.8 Å². The fourth-order valence-electron chi connectivity index (χ4n) is 2.14. The van der Waals surface area contributed by atoms with Crippen molar-refractivity contribution in [3.05, 3.63) is 65.0 Å². The summed E-state index contributed by atoms with van der Waals surface area (Å²) in [6.45, 7) is 2.58. The molecule has 0 aliphatic carbocycles. The molecular formula is C17H18FNO2. The zero-order valence-electron chi connectivity index (χ0n) is 12.2. The number of hydrogen-bond donors (Lipinski definition) is 1. The topological polar surface area (TPSA) is 38.3 Å². The van der Waals surface area contributed by atoms with Crippen LogP contribution in [0.15, 0.2) is 42.5 Å². The largest absolute Gasteiger partial charge is 0.465 e. The van der Waals surface area contributed by atoms with Crippen LogP contribution in [0.5, 0.6) is 0 Å². The summed E-state index contributed by atoms with van der Waals surface area (Å²) in [4.78, 5) is 11.3. The molecule has 1 N–H and O–H groups in total. The SMILES string of the molecule is CCc1ccccc1NCc1ccc(C(=O)OC)c(F)c1. The minimum Gasteiger partial charge on any atom is -0.465 e. The molecule has 2 aromatic rings. The van der Waals surface area contributed by atoms with Gasteiger partial charge in [0, 0.05) is 12.2 Å². The number of methoxy groups -OCH3 is 1. The first-order valence-electron chi connectivity index (χ1n) is 6.84. The fraction of sp³-hybridized carbons (Fsp3) is 0.235. The lowest BCUT2D eigenvalue weighted by Gasteiger charge is -2.11. The Morgan fingerprint density at radius 1 is 1.24 bits per heavy atom. The monoisotopic (exact) mass is 287 g/mol. The number of carbonyl (C=O) groups excluding carboxylic acids is 1. The van der Waals surface area contributed by atoms with Gasteiger partial charge in [0.2, 0.25) is 0 Å². The third-order valence-electron chi connectivity index (χ3n) is 3.32. The van der Waals surface area contributed by atoms with Crippen LogP contribution in [0, 0.1) is 5.82 Å². The highest BCUT2D eigenvalue weighted by atomic mass is 19.1. The van der Waals surface area contributed by atoms with E-state index in [2.05, 4.69) is 23.0 Å². The number of carbonyl (C=O) groups is 1. The van der Waals surface area contributed by atoms with Gasteiger partial charge in [-0.3, -0.25) is 0 Å². The number of anilines is 1. The van der Waals surface area contributed by atoms with Crippen LogP contribution >= 0.6 is 0 Å². The van der Waals surface area contributed by atoms with Gasteiger partial charge < -0.3 is 10.1 Å². The maximum Gasteiger partial charge on any atom is 0.340 e. The van der Waals surface area contributed by atoms with Crippen molar-refractivity contribution in [1.82, 2.24) is 0 Å². The smallest absolute Gasteiger partial charge is 0.340 e. The average Bonchev–Trinajstić information content (AvgIpc) is 2.52. The van der Waals surface area contributed by atoms with E-state index in [0.717, 1.165) is 17.7 Å². The van der Waals surface area contributed by atoms with Crippen LogP contribution in [0.25, 0.3) is 0 Å². The Balaban J connectivity index is 2.10. The second-order valence-electron chi connectivity index (χ2n) is 4.67. The highest BCUT2D eigenvalue weighted by Gasteiger charge is 2.12. The third kappa shape index (κ3) is 3.60. The maximum atomic E-state index is 13.8. The maximum absolute atomic E-state index is 13.8. The molecular weight excluding hydrogens is 269 g/mol. The summed E-state index contributed by atoms with van der Waals surface area (Å²) in [6.07, 6.45) is 0.929. The van der Waals surface area contributed by atoms with Crippen molar-refractivity contribution in [2.45, 2.75) is 19.9 Å². The van der Waals surface area contributed by atoms with Crippen LogP contribution in [0.2, 0.25) is 0 Å². The minimum absolute atomic E-state index is 0.0461. The second kappa shape index (κ2) is 6.88. The van der Waals surface area contributed by atoms with Gasteiger partial charge in [0.25, 0.3) is 0 Å². The summed E-state index contributed by atoms with van der Waals surface area (Å²) in [5.41, 5.74) is 2.97. The van der Waals surface area contributed by atoms with Crippen LogP contribution in [0.4, 0.5) is 10.1 Å². The van der Waals surface area contributed by atoms with Crippen molar-refractivity contribution in [3.8, 4) is 0 Å². The quantitative estimate of drug-likeness (QED) is 0.850. The molecule has 0 aliphatic rings. The molecule has 0 unspecified atom stereocenters. The predicted octanol–water partition coefficient (Wildman–Crippen LogP) is 3.79. The zero-order valence-corrected chi connectivity index (χ0v) is 12.2. The van der Waals surface area contributed by atoms with Gasteiger partial charge >= 0.3 is 5.97 Å². The van der Waals surface area contributed by atoms with Crippen LogP contribution in [-0.2, 0) is 17.7 Å². The van der Waals surface area contributed by atoms with Gasteiger partial charge in [-0.2, -0.15) is 0 Å². The second-order valence-corrected chi connectivity index (χ2v) is 4.67. The average molecular weight is 287 g/mol. The number of halogens is 1. The van der Waals surface area contributed by atoms with E-state index in [1.54, 1.807) is 6.07 Å². The van der Waals surface area contributed by atoms with E-state index >= 15 is 0 Å². The highest BCUT2D eigenvalue weighted by Crippen LogP contribution is 2.18. The highest BCUT2D eigenvalue weighted by molar-refractivity contribution is 5.89. The van der Waals surface area contributed by atoms with Crippen molar-refractivity contribution < 1.29 is 13.9 Å². The lowest BCUT2D eigenvalue weighted by atomic mass is 10.1. The van der Waals surface area contributed by atoms with Crippen LogP contribution in [-0.4, -0.2) is 13.1 Å². The van der Waals surface area contributed by atoms with E-state index in [4.69, 9.17) is 0 Å². The van der Waals surface area contributed by atoms with Crippen molar-refractivity contribution >= 4 is 11.7 Å². The number of para-hydroxylation sites is 1. The Kier molecular flexibility index (Phi) is 4.93. The molecule has 2 aromatic carbocycles. The molecule has 21 heavy (non-hydrogen) atoms. The molecule has 0 amide bonds. The first-order valence-corrected chi connectivity index (χ1v) is 6.84. The van der Waals surface area contributed by atoms with Gasteiger partial charge in [0.1, 0.15) is 5.82 Å². The number of aryl methyl sites for hydroxylation is 1. The molecule has 0 spiro atoms. The summed E-state index contributed by atoms with van der Waals surface area (Å²) in [7, 11) is 1.24. The number of benzene rings is 2. The molecule has 0 aromatic heterocycles. The summed E-state index contributed by atoms with van der Waals surface area (Å²) in [5.74, 6) is -1.23. The van der Waals surface area contributed by atoms with Gasteiger partial charge in [-0.25, -0.2) is 9.18 Å². The summed E-state index contributed by atoms with van der Waals surface area (Å²) < 4.78 is 18.4. The van der Waals surface area contributed by atoms with Crippen LogP contribution in [0.1, 0.15) is 28.4 Å². The number of ether oxygens (including phenoxy) is 1. The molecule has 0 aliphatic heterocycles. The van der Waals surface area contributed by atoms with E-state index in [1.165, 1.54) is 24.8 Å². The van der Waals surface area contributed by atoms with E-state index in [-0.39, 0.29) is 5.56 Å². The molecule has 0 atom stereocenters. The van der Waals surface area contributed by atoms with Gasteiger partial charge in [-0.1, -0.05) is 31.2 Å². The lowest BCUT2D eigenvalue weighted by molar-refractivity contribution is 0.0595. The Bertz CT molecular complexity index is 640. The molecule has 110 valence electrons. The number of hydrogen-bond acceptors (Lipinski definition) is 3. The Morgan fingerprint density at radius 3 is 2.67 bits per heavy atom. The van der Waals surface area contributed by atoms with E-state index in [0.29, 0.717) is 6.54 Å². The molecule has 0 saturated carbocycles. The van der Waals surface area contributed by atoms with Gasteiger partial charge in [-0.05, 0) is 35.7 Å². The van der Waals surface area contributed by atoms with Crippen molar-refractivity contribution in [1.29, 1.82) is 0 Å². The number of rotatable bonds is 5. The number of nitrogens with one attached hydrogen (secondary N) is 1.